The second-order valence-electron chi connectivity index (χ2n) is 2.91. The summed E-state index contributed by atoms with van der Waals surface area (Å²) < 4.78 is 0. The van der Waals surface area contributed by atoms with Crippen molar-refractivity contribution in [3.8, 4) is 0 Å². The number of rotatable bonds is 2. The van der Waals surface area contributed by atoms with Gasteiger partial charge in [-0.15, -0.1) is 0 Å². The van der Waals surface area contributed by atoms with Gasteiger partial charge in [0.1, 0.15) is 6.29 Å². The molecule has 0 atom stereocenters. The van der Waals surface area contributed by atoms with Crippen LogP contribution in [-0.2, 0) is 4.79 Å². The molecule has 0 amide bonds. The van der Waals surface area contributed by atoms with Crippen LogP contribution in [0.5, 0.6) is 0 Å². The van der Waals surface area contributed by atoms with Crippen molar-refractivity contribution in [1.82, 2.24) is 4.98 Å². The fourth-order valence-corrected chi connectivity index (χ4v) is 1.41. The Morgan fingerprint density at radius 1 is 1.14 bits per heavy atom. The molecular weight excluding hydrogens is 174 g/mol. The SMILES string of the molecule is O=CC=Cc1ccnc2ccccc12. The fraction of sp³-hybridized carbons (Fsp3) is 0. The standard InChI is InChI=1S/C12H9NO/c14-9-3-4-10-7-8-13-12-6-2-1-5-11(10)12/h1-9H. The van der Waals surface area contributed by atoms with Gasteiger partial charge in [-0.1, -0.05) is 24.3 Å². The summed E-state index contributed by atoms with van der Waals surface area (Å²) in [5.41, 5.74) is 1.96. The minimum Gasteiger partial charge on any atom is -0.299 e. The molecule has 0 aliphatic heterocycles. The Bertz CT molecular complexity index is 483. The van der Waals surface area contributed by atoms with Crippen molar-refractivity contribution >= 4 is 23.3 Å². The van der Waals surface area contributed by atoms with Gasteiger partial charge in [-0.25, -0.2) is 0 Å². The number of benzene rings is 1. The van der Waals surface area contributed by atoms with E-state index < -0.39 is 0 Å². The van der Waals surface area contributed by atoms with Crippen LogP contribution >= 0.6 is 0 Å². The lowest BCUT2D eigenvalue weighted by Gasteiger charge is -1.99. The third-order valence-electron chi connectivity index (χ3n) is 2.04. The normalized spacial score (nSPS) is 10.9. The van der Waals surface area contributed by atoms with E-state index in [1.54, 1.807) is 12.3 Å². The third-order valence-corrected chi connectivity index (χ3v) is 2.04. The van der Waals surface area contributed by atoms with Crippen LogP contribution < -0.4 is 0 Å². The molecular formula is C12H9NO. The molecule has 2 heteroatoms. The Morgan fingerprint density at radius 2 is 2.00 bits per heavy atom. The molecule has 1 aromatic carbocycles. The molecule has 0 bridgehead atoms. The highest BCUT2D eigenvalue weighted by molar-refractivity contribution is 5.89. The molecule has 2 aromatic rings. The Balaban J connectivity index is 2.64. The largest absolute Gasteiger partial charge is 0.299 e. The van der Waals surface area contributed by atoms with Gasteiger partial charge in [-0.05, 0) is 23.8 Å². The van der Waals surface area contributed by atoms with Gasteiger partial charge in [0.2, 0.25) is 0 Å². The molecule has 0 fully saturated rings. The molecule has 0 aliphatic rings. The van der Waals surface area contributed by atoms with Crippen LogP contribution in [0, 0.1) is 0 Å². The number of hydrogen-bond donors (Lipinski definition) is 0. The molecule has 0 unspecified atom stereocenters. The molecule has 68 valence electrons. The highest BCUT2D eigenvalue weighted by Crippen LogP contribution is 2.16. The second kappa shape index (κ2) is 3.83. The number of pyridine rings is 1. The van der Waals surface area contributed by atoms with Crippen LogP contribution in [0.2, 0.25) is 0 Å². The Morgan fingerprint density at radius 3 is 2.86 bits per heavy atom. The zero-order valence-electron chi connectivity index (χ0n) is 7.55. The molecule has 1 heterocycles. The van der Waals surface area contributed by atoms with Crippen molar-refractivity contribution in [2.75, 3.05) is 0 Å². The summed E-state index contributed by atoms with van der Waals surface area (Å²) in [6.07, 6.45) is 5.79. The summed E-state index contributed by atoms with van der Waals surface area (Å²) in [4.78, 5) is 14.4. The Kier molecular flexibility index (Phi) is 2.36. The molecule has 0 radical (unpaired) electrons. The average molecular weight is 183 g/mol. The Hall–Kier alpha value is -1.96. The van der Waals surface area contributed by atoms with Crippen LogP contribution in [0.15, 0.2) is 42.6 Å². The molecule has 0 spiro atoms. The highest BCUT2D eigenvalue weighted by Gasteiger charge is 1.96. The van der Waals surface area contributed by atoms with Gasteiger partial charge in [0.25, 0.3) is 0 Å². The summed E-state index contributed by atoms with van der Waals surface area (Å²) in [6.45, 7) is 0. The fourth-order valence-electron chi connectivity index (χ4n) is 1.41. The third kappa shape index (κ3) is 1.55. The maximum atomic E-state index is 10.2. The summed E-state index contributed by atoms with van der Waals surface area (Å²) in [6, 6.07) is 9.74. The number of carbonyl (C=O) groups is 1. The minimum atomic E-state index is 0.773. The first-order chi connectivity index (χ1) is 6.92. The predicted molar refractivity (Wildman–Crippen MR) is 56.8 cm³/mol. The van der Waals surface area contributed by atoms with Gasteiger partial charge < -0.3 is 0 Å². The van der Waals surface area contributed by atoms with Crippen molar-refractivity contribution in [2.24, 2.45) is 0 Å². The van der Waals surface area contributed by atoms with E-state index in [0.29, 0.717) is 0 Å². The van der Waals surface area contributed by atoms with Crippen LogP contribution in [-0.4, -0.2) is 11.3 Å². The maximum absolute atomic E-state index is 10.2. The predicted octanol–water partition coefficient (Wildman–Crippen LogP) is 2.45. The number of nitrogens with zero attached hydrogens (tertiary/aromatic N) is 1. The van der Waals surface area contributed by atoms with E-state index in [0.717, 1.165) is 22.8 Å². The first-order valence-electron chi connectivity index (χ1n) is 4.37. The number of allylic oxidation sites excluding steroid dienone is 1. The van der Waals surface area contributed by atoms with E-state index >= 15 is 0 Å². The maximum Gasteiger partial charge on any atom is 0.142 e. The quantitative estimate of drug-likeness (QED) is 0.528. The van der Waals surface area contributed by atoms with E-state index in [-0.39, 0.29) is 0 Å². The summed E-state index contributed by atoms with van der Waals surface area (Å²) >= 11 is 0. The molecule has 0 aliphatic carbocycles. The first-order valence-corrected chi connectivity index (χ1v) is 4.37. The van der Waals surface area contributed by atoms with E-state index in [9.17, 15) is 4.79 Å². The monoisotopic (exact) mass is 183 g/mol. The van der Waals surface area contributed by atoms with E-state index in [1.807, 2.05) is 30.3 Å². The number of carbonyl (C=O) groups excluding carboxylic acids is 1. The van der Waals surface area contributed by atoms with Crippen LogP contribution in [0.4, 0.5) is 0 Å². The summed E-state index contributed by atoms with van der Waals surface area (Å²) in [5, 5.41) is 1.06. The molecule has 14 heavy (non-hydrogen) atoms. The van der Waals surface area contributed by atoms with Gasteiger partial charge in [0.05, 0.1) is 5.52 Å². The molecule has 0 saturated heterocycles. The highest BCUT2D eigenvalue weighted by atomic mass is 16.1. The number of para-hydroxylation sites is 1. The first kappa shape index (κ1) is 8.63. The summed E-state index contributed by atoms with van der Waals surface area (Å²) in [7, 11) is 0. The average Bonchev–Trinajstić information content (AvgIpc) is 2.26. The van der Waals surface area contributed by atoms with E-state index in [4.69, 9.17) is 0 Å². The Labute approximate surface area is 81.9 Å². The van der Waals surface area contributed by atoms with Gasteiger partial charge >= 0.3 is 0 Å². The summed E-state index contributed by atoms with van der Waals surface area (Å²) in [5.74, 6) is 0. The molecule has 0 saturated carbocycles. The number of aldehydes is 1. The van der Waals surface area contributed by atoms with Gasteiger partial charge in [0, 0.05) is 11.6 Å². The number of aromatic nitrogens is 1. The van der Waals surface area contributed by atoms with E-state index in [1.165, 1.54) is 6.08 Å². The van der Waals surface area contributed by atoms with Crippen molar-refractivity contribution in [1.29, 1.82) is 0 Å². The number of fused-ring (bicyclic) bond motifs is 1. The van der Waals surface area contributed by atoms with Gasteiger partial charge in [0.15, 0.2) is 0 Å². The molecule has 0 N–H and O–H groups in total. The second-order valence-corrected chi connectivity index (χ2v) is 2.91. The van der Waals surface area contributed by atoms with Gasteiger partial charge in [-0.3, -0.25) is 9.78 Å². The lowest BCUT2D eigenvalue weighted by Crippen LogP contribution is -1.81. The topological polar surface area (TPSA) is 30.0 Å². The van der Waals surface area contributed by atoms with E-state index in [2.05, 4.69) is 4.98 Å². The van der Waals surface area contributed by atoms with Crippen LogP contribution in [0.1, 0.15) is 5.56 Å². The van der Waals surface area contributed by atoms with Crippen LogP contribution in [0.3, 0.4) is 0 Å². The van der Waals surface area contributed by atoms with Crippen molar-refractivity contribution in [2.45, 2.75) is 0 Å². The minimum absolute atomic E-state index is 0.773. The van der Waals surface area contributed by atoms with Crippen LogP contribution in [0.25, 0.3) is 17.0 Å². The molecule has 2 nitrogen and oxygen atoms in total. The zero-order valence-corrected chi connectivity index (χ0v) is 7.55. The van der Waals surface area contributed by atoms with Crippen molar-refractivity contribution in [3.05, 3.63) is 48.2 Å². The van der Waals surface area contributed by atoms with Crippen molar-refractivity contribution < 1.29 is 4.79 Å². The lowest BCUT2D eigenvalue weighted by molar-refractivity contribution is -0.104. The van der Waals surface area contributed by atoms with Gasteiger partial charge in [-0.2, -0.15) is 0 Å². The smallest absolute Gasteiger partial charge is 0.142 e. The van der Waals surface area contributed by atoms with Crippen molar-refractivity contribution in [3.63, 3.8) is 0 Å². The molecule has 1 aromatic heterocycles. The zero-order chi connectivity index (χ0) is 9.80. The molecule has 2 rings (SSSR count). The number of hydrogen-bond acceptors (Lipinski definition) is 2. The lowest BCUT2D eigenvalue weighted by atomic mass is 10.1.